The molecular weight excluding hydrogens is 333 g/mol. The van der Waals surface area contributed by atoms with E-state index in [2.05, 4.69) is 4.72 Å². The summed E-state index contributed by atoms with van der Waals surface area (Å²) in [6, 6.07) is 9.38. The molecule has 112 valence electrons. The number of benzene rings is 2. The minimum atomic E-state index is -3.83. The highest BCUT2D eigenvalue weighted by Crippen LogP contribution is 2.31. The van der Waals surface area contributed by atoms with Crippen LogP contribution in [0.15, 0.2) is 41.3 Å². The van der Waals surface area contributed by atoms with E-state index in [1.807, 2.05) is 6.92 Å². The zero-order chi connectivity index (χ0) is 15.6. The fourth-order valence-corrected chi connectivity index (χ4v) is 3.62. The number of ether oxygens (including phenoxy) is 1. The molecular formula is C14H13Cl2NO3S. The molecule has 7 heteroatoms. The van der Waals surface area contributed by atoms with Crippen LogP contribution in [0.3, 0.4) is 0 Å². The topological polar surface area (TPSA) is 55.4 Å². The minimum absolute atomic E-state index is 0.00297. The van der Waals surface area contributed by atoms with Gasteiger partial charge in [0.15, 0.2) is 0 Å². The molecule has 0 aliphatic rings. The van der Waals surface area contributed by atoms with Crippen molar-refractivity contribution >= 4 is 38.9 Å². The van der Waals surface area contributed by atoms with Gasteiger partial charge in [0.25, 0.3) is 10.0 Å². The van der Waals surface area contributed by atoms with Gasteiger partial charge in [-0.3, -0.25) is 4.72 Å². The Labute approximate surface area is 133 Å². The van der Waals surface area contributed by atoms with Crippen LogP contribution in [0, 0.1) is 6.92 Å². The maximum atomic E-state index is 12.4. The van der Waals surface area contributed by atoms with Gasteiger partial charge in [-0.25, -0.2) is 8.42 Å². The SMILES string of the molecule is COc1ccc(Cl)cc1NS(=O)(=O)c1ccc(C)cc1Cl. The van der Waals surface area contributed by atoms with Crippen molar-refractivity contribution in [2.75, 3.05) is 11.8 Å². The normalized spacial score (nSPS) is 11.2. The molecule has 4 nitrogen and oxygen atoms in total. The summed E-state index contributed by atoms with van der Waals surface area (Å²) >= 11 is 11.9. The predicted octanol–water partition coefficient (Wildman–Crippen LogP) is 4.11. The lowest BCUT2D eigenvalue weighted by atomic mass is 10.2. The summed E-state index contributed by atoms with van der Waals surface area (Å²) in [4.78, 5) is -0.00297. The number of hydrogen-bond acceptors (Lipinski definition) is 3. The fraction of sp³-hybridized carbons (Fsp3) is 0.143. The lowest BCUT2D eigenvalue weighted by Gasteiger charge is -2.13. The van der Waals surface area contributed by atoms with E-state index in [1.54, 1.807) is 24.3 Å². The molecule has 2 rings (SSSR count). The molecule has 0 fully saturated rings. The number of hydrogen-bond donors (Lipinski definition) is 1. The first-order chi connectivity index (χ1) is 9.83. The van der Waals surface area contributed by atoms with E-state index in [0.717, 1.165) is 5.56 Å². The van der Waals surface area contributed by atoms with Crippen molar-refractivity contribution in [3.63, 3.8) is 0 Å². The predicted molar refractivity (Wildman–Crippen MR) is 85.0 cm³/mol. The lowest BCUT2D eigenvalue weighted by molar-refractivity contribution is 0.417. The summed E-state index contributed by atoms with van der Waals surface area (Å²) in [6.45, 7) is 1.83. The van der Waals surface area contributed by atoms with Gasteiger partial charge in [-0.1, -0.05) is 29.3 Å². The van der Waals surface area contributed by atoms with Gasteiger partial charge in [0, 0.05) is 5.02 Å². The third-order valence-electron chi connectivity index (χ3n) is 2.78. The van der Waals surface area contributed by atoms with Crippen molar-refractivity contribution in [3.8, 4) is 5.75 Å². The van der Waals surface area contributed by atoms with E-state index in [4.69, 9.17) is 27.9 Å². The van der Waals surface area contributed by atoms with Crippen molar-refractivity contribution in [3.05, 3.63) is 52.0 Å². The highest BCUT2D eigenvalue weighted by Gasteiger charge is 2.20. The monoisotopic (exact) mass is 345 g/mol. The van der Waals surface area contributed by atoms with E-state index >= 15 is 0 Å². The highest BCUT2D eigenvalue weighted by atomic mass is 35.5. The van der Waals surface area contributed by atoms with Gasteiger partial charge in [-0.2, -0.15) is 0 Å². The average molecular weight is 346 g/mol. The molecule has 0 atom stereocenters. The number of nitrogens with one attached hydrogen (secondary N) is 1. The van der Waals surface area contributed by atoms with Crippen molar-refractivity contribution in [2.45, 2.75) is 11.8 Å². The largest absolute Gasteiger partial charge is 0.495 e. The molecule has 0 saturated heterocycles. The zero-order valence-electron chi connectivity index (χ0n) is 11.4. The number of methoxy groups -OCH3 is 1. The van der Waals surface area contributed by atoms with E-state index < -0.39 is 10.0 Å². The van der Waals surface area contributed by atoms with Crippen molar-refractivity contribution in [2.24, 2.45) is 0 Å². The van der Waals surface area contributed by atoms with E-state index in [0.29, 0.717) is 10.8 Å². The Bertz CT molecular complexity index is 776. The Kier molecular flexibility index (Phi) is 4.66. The summed E-state index contributed by atoms with van der Waals surface area (Å²) in [5.74, 6) is 0.367. The Morgan fingerprint density at radius 2 is 1.81 bits per heavy atom. The van der Waals surface area contributed by atoms with Crippen LogP contribution in [0.5, 0.6) is 5.75 Å². The molecule has 0 aliphatic heterocycles. The van der Waals surface area contributed by atoms with E-state index in [1.165, 1.54) is 19.2 Å². The maximum Gasteiger partial charge on any atom is 0.263 e. The number of aryl methyl sites for hydroxylation is 1. The Morgan fingerprint density at radius 3 is 2.43 bits per heavy atom. The van der Waals surface area contributed by atoms with E-state index in [9.17, 15) is 8.42 Å². The van der Waals surface area contributed by atoms with Crippen molar-refractivity contribution in [1.82, 2.24) is 0 Å². The molecule has 2 aromatic carbocycles. The molecule has 1 N–H and O–H groups in total. The molecule has 0 aliphatic carbocycles. The second-order valence-electron chi connectivity index (χ2n) is 4.38. The molecule has 0 saturated carbocycles. The van der Waals surface area contributed by atoms with Crippen LogP contribution in [0.2, 0.25) is 10.0 Å². The number of anilines is 1. The van der Waals surface area contributed by atoms with Gasteiger partial charge in [-0.15, -0.1) is 0 Å². The molecule has 0 spiro atoms. The van der Waals surface area contributed by atoms with Crippen LogP contribution in [0.1, 0.15) is 5.56 Å². The summed E-state index contributed by atoms with van der Waals surface area (Å²) < 4.78 is 32.4. The first-order valence-electron chi connectivity index (χ1n) is 5.96. The quantitative estimate of drug-likeness (QED) is 0.906. The Morgan fingerprint density at radius 1 is 1.10 bits per heavy atom. The summed E-state index contributed by atoms with van der Waals surface area (Å²) in [6.07, 6.45) is 0. The van der Waals surface area contributed by atoms with E-state index in [-0.39, 0.29) is 15.6 Å². The molecule has 0 heterocycles. The second-order valence-corrected chi connectivity index (χ2v) is 6.88. The molecule has 0 bridgehead atoms. The molecule has 0 aromatic heterocycles. The van der Waals surface area contributed by atoms with Crippen LogP contribution < -0.4 is 9.46 Å². The smallest absolute Gasteiger partial charge is 0.263 e. The highest BCUT2D eigenvalue weighted by molar-refractivity contribution is 7.92. The average Bonchev–Trinajstić information content (AvgIpc) is 2.37. The zero-order valence-corrected chi connectivity index (χ0v) is 13.7. The summed E-state index contributed by atoms with van der Waals surface area (Å²) in [5.41, 5.74) is 1.13. The van der Waals surface area contributed by atoms with Crippen LogP contribution in [-0.4, -0.2) is 15.5 Å². The Balaban J connectivity index is 2.44. The molecule has 0 amide bonds. The Hall–Kier alpha value is -1.43. The fourth-order valence-electron chi connectivity index (χ4n) is 1.78. The van der Waals surface area contributed by atoms with Crippen molar-refractivity contribution in [1.29, 1.82) is 0 Å². The number of halogens is 2. The van der Waals surface area contributed by atoms with Gasteiger partial charge in [0.1, 0.15) is 10.6 Å². The standard InChI is InChI=1S/C14H13Cl2NO3S/c1-9-3-6-14(11(16)7-9)21(18,19)17-12-8-10(15)4-5-13(12)20-2/h3-8,17H,1-2H3. The number of sulfonamides is 1. The van der Waals surface area contributed by atoms with Crippen LogP contribution >= 0.6 is 23.2 Å². The molecule has 0 radical (unpaired) electrons. The van der Waals surface area contributed by atoms with Crippen LogP contribution in [-0.2, 0) is 10.0 Å². The van der Waals surface area contributed by atoms with Gasteiger partial charge in [0.2, 0.25) is 0 Å². The summed E-state index contributed by atoms with van der Waals surface area (Å²) in [5, 5.41) is 0.548. The van der Waals surface area contributed by atoms with Gasteiger partial charge >= 0.3 is 0 Å². The summed E-state index contributed by atoms with van der Waals surface area (Å²) in [7, 11) is -2.39. The maximum absolute atomic E-state index is 12.4. The minimum Gasteiger partial charge on any atom is -0.495 e. The molecule has 0 unspecified atom stereocenters. The van der Waals surface area contributed by atoms with Crippen molar-refractivity contribution < 1.29 is 13.2 Å². The van der Waals surface area contributed by atoms with Crippen LogP contribution in [0.4, 0.5) is 5.69 Å². The first-order valence-corrected chi connectivity index (χ1v) is 8.20. The third kappa shape index (κ3) is 3.61. The molecule has 2 aromatic rings. The first kappa shape index (κ1) is 15.9. The van der Waals surface area contributed by atoms with Gasteiger partial charge in [-0.05, 0) is 42.8 Å². The van der Waals surface area contributed by atoms with Crippen LogP contribution in [0.25, 0.3) is 0 Å². The number of rotatable bonds is 4. The second kappa shape index (κ2) is 6.13. The van der Waals surface area contributed by atoms with Gasteiger partial charge in [0.05, 0.1) is 17.8 Å². The lowest BCUT2D eigenvalue weighted by Crippen LogP contribution is -2.14. The van der Waals surface area contributed by atoms with Gasteiger partial charge < -0.3 is 4.74 Å². The molecule has 21 heavy (non-hydrogen) atoms. The third-order valence-corrected chi connectivity index (χ3v) is 4.87.